The number of aryl methyl sites for hydroxylation is 2. The molecular weight excluding hydrogens is 292 g/mol. The number of hydrogen-bond acceptors (Lipinski definition) is 4. The van der Waals surface area contributed by atoms with Crippen LogP contribution < -0.4 is 5.32 Å². The first-order valence-electron chi connectivity index (χ1n) is 8.09. The molecule has 2 N–H and O–H groups in total. The fourth-order valence-corrected chi connectivity index (χ4v) is 2.52. The third-order valence-corrected chi connectivity index (χ3v) is 3.89. The highest BCUT2D eigenvalue weighted by Gasteiger charge is 2.16. The maximum Gasteiger partial charge on any atom is 0.224 e. The Kier molecular flexibility index (Phi) is 6.35. The number of carbonyl (C=O) groups is 1. The minimum absolute atomic E-state index is 0.00965. The van der Waals surface area contributed by atoms with Gasteiger partial charge in [0.25, 0.3) is 0 Å². The van der Waals surface area contributed by atoms with Gasteiger partial charge < -0.3 is 14.9 Å². The molecule has 1 aromatic heterocycles. The zero-order chi connectivity index (χ0) is 16.7. The quantitative estimate of drug-likeness (QED) is 0.783. The van der Waals surface area contributed by atoms with Crippen LogP contribution >= 0.6 is 0 Å². The maximum absolute atomic E-state index is 12.1. The molecule has 5 heteroatoms. The van der Waals surface area contributed by atoms with E-state index in [1.54, 1.807) is 0 Å². The normalized spacial score (nSPS) is 10.7. The van der Waals surface area contributed by atoms with Crippen molar-refractivity contribution in [3.63, 3.8) is 0 Å². The van der Waals surface area contributed by atoms with Crippen molar-refractivity contribution < 1.29 is 14.4 Å². The molecule has 1 aromatic carbocycles. The number of rotatable bonds is 8. The minimum atomic E-state index is -0.00965. The van der Waals surface area contributed by atoms with Gasteiger partial charge in [-0.15, -0.1) is 0 Å². The van der Waals surface area contributed by atoms with Crippen molar-refractivity contribution in [2.75, 3.05) is 6.54 Å². The van der Waals surface area contributed by atoms with Gasteiger partial charge in [-0.05, 0) is 24.0 Å². The zero-order valence-corrected chi connectivity index (χ0v) is 13.8. The summed E-state index contributed by atoms with van der Waals surface area (Å²) in [4.78, 5) is 12.1. The van der Waals surface area contributed by atoms with Crippen molar-refractivity contribution >= 4 is 5.91 Å². The summed E-state index contributed by atoms with van der Waals surface area (Å²) in [6.45, 7) is 4.65. The van der Waals surface area contributed by atoms with Crippen LogP contribution in [0.4, 0.5) is 0 Å². The monoisotopic (exact) mass is 316 g/mol. The molecule has 0 unspecified atom stereocenters. The molecule has 0 saturated carbocycles. The Bertz CT molecular complexity index is 611. The minimum Gasteiger partial charge on any atom is -0.392 e. The van der Waals surface area contributed by atoms with E-state index in [0.29, 0.717) is 13.0 Å². The van der Waals surface area contributed by atoms with Crippen LogP contribution in [0.15, 0.2) is 28.8 Å². The lowest BCUT2D eigenvalue weighted by molar-refractivity contribution is -0.120. The Morgan fingerprint density at radius 3 is 2.48 bits per heavy atom. The Morgan fingerprint density at radius 2 is 1.87 bits per heavy atom. The molecule has 1 amide bonds. The topological polar surface area (TPSA) is 75.4 Å². The Hall–Kier alpha value is -2.14. The van der Waals surface area contributed by atoms with Crippen molar-refractivity contribution in [2.45, 2.75) is 46.1 Å². The smallest absolute Gasteiger partial charge is 0.224 e. The molecule has 0 radical (unpaired) electrons. The number of nitrogens with zero attached hydrogens (tertiary/aromatic N) is 1. The molecule has 0 aliphatic heterocycles. The number of aromatic nitrogens is 1. The highest BCUT2D eigenvalue weighted by atomic mass is 16.5. The molecule has 23 heavy (non-hydrogen) atoms. The Morgan fingerprint density at radius 1 is 1.17 bits per heavy atom. The van der Waals surface area contributed by atoms with Crippen molar-refractivity contribution in [1.82, 2.24) is 10.5 Å². The van der Waals surface area contributed by atoms with E-state index < -0.39 is 0 Å². The van der Waals surface area contributed by atoms with Gasteiger partial charge in [0.05, 0.1) is 18.7 Å². The van der Waals surface area contributed by atoms with Gasteiger partial charge in [0, 0.05) is 18.5 Å². The first kappa shape index (κ1) is 17.2. The number of hydrogen-bond donors (Lipinski definition) is 2. The fourth-order valence-electron chi connectivity index (χ4n) is 2.52. The van der Waals surface area contributed by atoms with E-state index in [0.717, 1.165) is 47.4 Å². The van der Waals surface area contributed by atoms with E-state index in [9.17, 15) is 4.79 Å². The van der Waals surface area contributed by atoms with Crippen molar-refractivity contribution in [1.29, 1.82) is 0 Å². The van der Waals surface area contributed by atoms with Gasteiger partial charge in [-0.3, -0.25) is 4.79 Å². The van der Waals surface area contributed by atoms with E-state index in [-0.39, 0.29) is 12.5 Å². The number of aliphatic hydroxyl groups is 1. The third-order valence-electron chi connectivity index (χ3n) is 3.89. The molecule has 5 nitrogen and oxygen atoms in total. The summed E-state index contributed by atoms with van der Waals surface area (Å²) in [6.07, 6.45) is 2.60. The molecule has 0 fully saturated rings. The van der Waals surface area contributed by atoms with E-state index in [2.05, 4.69) is 10.5 Å². The van der Waals surface area contributed by atoms with Crippen LogP contribution in [0.25, 0.3) is 0 Å². The van der Waals surface area contributed by atoms with Crippen LogP contribution in [-0.2, 0) is 37.1 Å². The Balaban J connectivity index is 1.84. The highest BCUT2D eigenvalue weighted by Crippen LogP contribution is 2.16. The van der Waals surface area contributed by atoms with E-state index >= 15 is 0 Å². The van der Waals surface area contributed by atoms with Gasteiger partial charge in [-0.2, -0.15) is 0 Å². The standard InChI is InChI=1S/C18H24N2O3/c1-3-16-15(17(4-2)23-20-16)11-18(22)19-10-9-13-5-7-14(12-21)8-6-13/h5-8,21H,3-4,9-12H2,1-2H3,(H,19,22). The lowest BCUT2D eigenvalue weighted by atomic mass is 10.1. The molecule has 0 aliphatic rings. The van der Waals surface area contributed by atoms with Gasteiger partial charge in [-0.25, -0.2) is 0 Å². The van der Waals surface area contributed by atoms with E-state index in [1.807, 2.05) is 38.1 Å². The van der Waals surface area contributed by atoms with Crippen molar-refractivity contribution in [3.05, 3.63) is 52.4 Å². The largest absolute Gasteiger partial charge is 0.392 e. The number of aliphatic hydroxyl groups excluding tert-OH is 1. The maximum atomic E-state index is 12.1. The predicted molar refractivity (Wildman–Crippen MR) is 88.0 cm³/mol. The van der Waals surface area contributed by atoms with Crippen LogP contribution in [-0.4, -0.2) is 22.7 Å². The molecule has 124 valence electrons. The molecule has 0 aliphatic carbocycles. The molecule has 2 rings (SSSR count). The van der Waals surface area contributed by atoms with Crippen molar-refractivity contribution in [3.8, 4) is 0 Å². The average Bonchev–Trinajstić information content (AvgIpc) is 2.97. The molecule has 2 aromatic rings. The summed E-state index contributed by atoms with van der Waals surface area (Å²) >= 11 is 0. The van der Waals surface area contributed by atoms with Gasteiger partial charge >= 0.3 is 0 Å². The van der Waals surface area contributed by atoms with Crippen molar-refractivity contribution in [2.24, 2.45) is 0 Å². The average molecular weight is 316 g/mol. The van der Waals surface area contributed by atoms with Crippen LogP contribution in [0, 0.1) is 0 Å². The summed E-state index contributed by atoms with van der Waals surface area (Å²) in [5.74, 6) is 0.793. The van der Waals surface area contributed by atoms with Crippen LogP contribution in [0.3, 0.4) is 0 Å². The third kappa shape index (κ3) is 4.66. The van der Waals surface area contributed by atoms with Gasteiger partial charge in [0.15, 0.2) is 0 Å². The van der Waals surface area contributed by atoms with Crippen LogP contribution in [0.1, 0.15) is 42.0 Å². The summed E-state index contributed by atoms with van der Waals surface area (Å²) < 4.78 is 5.28. The number of carbonyl (C=O) groups excluding carboxylic acids is 1. The predicted octanol–water partition coefficient (Wildman–Crippen LogP) is 2.19. The summed E-state index contributed by atoms with van der Waals surface area (Å²) in [7, 11) is 0. The SMILES string of the molecule is CCc1noc(CC)c1CC(=O)NCCc1ccc(CO)cc1. The molecule has 0 spiro atoms. The van der Waals surface area contributed by atoms with E-state index in [4.69, 9.17) is 9.63 Å². The molecular formula is C18H24N2O3. The van der Waals surface area contributed by atoms with E-state index in [1.165, 1.54) is 0 Å². The fraction of sp³-hybridized carbons (Fsp3) is 0.444. The molecule has 0 bridgehead atoms. The first-order chi connectivity index (χ1) is 11.2. The van der Waals surface area contributed by atoms with Crippen LogP contribution in [0.2, 0.25) is 0 Å². The Labute approximate surface area is 136 Å². The lowest BCUT2D eigenvalue weighted by Crippen LogP contribution is -2.27. The second-order valence-electron chi connectivity index (χ2n) is 5.49. The molecule has 1 heterocycles. The first-order valence-corrected chi connectivity index (χ1v) is 8.09. The number of nitrogens with one attached hydrogen (secondary N) is 1. The lowest BCUT2D eigenvalue weighted by Gasteiger charge is -2.06. The number of amides is 1. The highest BCUT2D eigenvalue weighted by molar-refractivity contribution is 5.79. The second kappa shape index (κ2) is 8.48. The summed E-state index contributed by atoms with van der Waals surface area (Å²) in [6, 6.07) is 7.74. The summed E-state index contributed by atoms with van der Waals surface area (Å²) in [5.41, 5.74) is 3.83. The summed E-state index contributed by atoms with van der Waals surface area (Å²) in [5, 5.41) is 16.0. The zero-order valence-electron chi connectivity index (χ0n) is 13.8. The molecule has 0 saturated heterocycles. The number of benzene rings is 1. The van der Waals surface area contributed by atoms with Gasteiger partial charge in [0.1, 0.15) is 5.76 Å². The van der Waals surface area contributed by atoms with Gasteiger partial charge in [-0.1, -0.05) is 43.3 Å². The van der Waals surface area contributed by atoms with Crippen LogP contribution in [0.5, 0.6) is 0 Å². The second-order valence-corrected chi connectivity index (χ2v) is 5.49. The molecule has 0 atom stereocenters. The van der Waals surface area contributed by atoms with Gasteiger partial charge in [0.2, 0.25) is 5.91 Å².